The largest absolute Gasteiger partial charge is 0.339 e. The van der Waals surface area contributed by atoms with Crippen LogP contribution in [0.2, 0.25) is 0 Å². The minimum atomic E-state index is -0.0444. The highest BCUT2D eigenvalue weighted by molar-refractivity contribution is 5.97. The minimum Gasteiger partial charge on any atom is -0.339 e. The Morgan fingerprint density at radius 1 is 0.923 bits per heavy atom. The fourth-order valence-corrected chi connectivity index (χ4v) is 2.85. The Labute approximate surface area is 156 Å². The van der Waals surface area contributed by atoms with E-state index in [2.05, 4.69) is 36.5 Å². The molecule has 2 rings (SSSR count). The topological polar surface area (TPSA) is 49.4 Å². The summed E-state index contributed by atoms with van der Waals surface area (Å²) >= 11 is 0. The molecule has 2 aromatic rings. The first-order valence-corrected chi connectivity index (χ1v) is 9.34. The highest BCUT2D eigenvalue weighted by Gasteiger charge is 2.13. The van der Waals surface area contributed by atoms with Gasteiger partial charge in [-0.3, -0.25) is 9.59 Å². The normalized spacial score (nSPS) is 10.4. The fourth-order valence-electron chi connectivity index (χ4n) is 2.85. The number of amides is 2. The molecule has 1 N–H and O–H groups in total. The summed E-state index contributed by atoms with van der Waals surface area (Å²) in [5.74, 6) is -0.0564. The zero-order valence-electron chi connectivity index (χ0n) is 15.9. The highest BCUT2D eigenvalue weighted by atomic mass is 16.2. The molecule has 0 radical (unpaired) electrons. The average Bonchev–Trinajstić information content (AvgIpc) is 2.68. The van der Waals surface area contributed by atoms with Crippen molar-refractivity contribution >= 4 is 17.5 Å². The molecule has 0 aliphatic heterocycles. The van der Waals surface area contributed by atoms with Crippen molar-refractivity contribution in [1.29, 1.82) is 0 Å². The SMILES string of the molecule is CCc1ccc(CCC(=O)Nc2cccc(C(=O)N(CC)CC)c2)cc1. The van der Waals surface area contributed by atoms with Crippen molar-refractivity contribution in [2.75, 3.05) is 18.4 Å². The van der Waals surface area contributed by atoms with Crippen molar-refractivity contribution in [3.63, 3.8) is 0 Å². The van der Waals surface area contributed by atoms with Crippen LogP contribution in [0.3, 0.4) is 0 Å². The quantitative estimate of drug-likeness (QED) is 0.770. The van der Waals surface area contributed by atoms with Crippen molar-refractivity contribution in [2.24, 2.45) is 0 Å². The van der Waals surface area contributed by atoms with Gasteiger partial charge in [-0.15, -0.1) is 0 Å². The third kappa shape index (κ3) is 5.45. The molecule has 0 saturated heterocycles. The zero-order chi connectivity index (χ0) is 18.9. The van der Waals surface area contributed by atoms with Crippen molar-refractivity contribution in [2.45, 2.75) is 40.0 Å². The Bertz CT molecular complexity index is 734. The Kier molecular flexibility index (Phi) is 7.39. The second kappa shape index (κ2) is 9.76. The lowest BCUT2D eigenvalue weighted by Gasteiger charge is -2.19. The Morgan fingerprint density at radius 2 is 1.58 bits per heavy atom. The van der Waals surface area contributed by atoms with Crippen LogP contribution in [0.25, 0.3) is 0 Å². The molecule has 4 heteroatoms. The predicted molar refractivity (Wildman–Crippen MR) is 106 cm³/mol. The number of carbonyl (C=O) groups is 2. The molecule has 2 aromatic carbocycles. The predicted octanol–water partition coefficient (Wildman–Crippen LogP) is 4.30. The summed E-state index contributed by atoms with van der Waals surface area (Å²) in [4.78, 5) is 26.4. The van der Waals surface area contributed by atoms with Crippen LogP contribution in [0.4, 0.5) is 5.69 Å². The smallest absolute Gasteiger partial charge is 0.253 e. The van der Waals surface area contributed by atoms with Gasteiger partial charge in [-0.25, -0.2) is 0 Å². The van der Waals surface area contributed by atoms with Gasteiger partial charge in [0.15, 0.2) is 0 Å². The van der Waals surface area contributed by atoms with Crippen LogP contribution in [-0.2, 0) is 17.6 Å². The van der Waals surface area contributed by atoms with Crippen LogP contribution in [0.5, 0.6) is 0 Å². The number of nitrogens with zero attached hydrogens (tertiary/aromatic N) is 1. The van der Waals surface area contributed by atoms with E-state index in [1.54, 1.807) is 23.1 Å². The summed E-state index contributed by atoms with van der Waals surface area (Å²) in [6.07, 6.45) is 2.14. The summed E-state index contributed by atoms with van der Waals surface area (Å²) in [5.41, 5.74) is 3.71. The molecule has 26 heavy (non-hydrogen) atoms. The third-order valence-corrected chi connectivity index (χ3v) is 4.52. The first-order valence-electron chi connectivity index (χ1n) is 9.34. The summed E-state index contributed by atoms with van der Waals surface area (Å²) in [6, 6.07) is 15.5. The van der Waals surface area contributed by atoms with Crippen LogP contribution in [0.1, 0.15) is 48.7 Å². The fraction of sp³-hybridized carbons (Fsp3) is 0.364. The minimum absolute atomic E-state index is 0.0119. The maximum absolute atomic E-state index is 12.4. The lowest BCUT2D eigenvalue weighted by Crippen LogP contribution is -2.30. The summed E-state index contributed by atoms with van der Waals surface area (Å²) in [5, 5.41) is 2.90. The standard InChI is InChI=1S/C22H28N2O2/c1-4-17-10-12-18(13-11-17)14-15-21(25)23-20-9-7-8-19(16-20)22(26)24(5-2)6-3/h7-13,16H,4-6,14-15H2,1-3H3,(H,23,25). The number of nitrogens with one attached hydrogen (secondary N) is 1. The molecule has 0 aliphatic carbocycles. The van der Waals surface area contributed by atoms with E-state index in [9.17, 15) is 9.59 Å². The number of hydrogen-bond donors (Lipinski definition) is 1. The number of benzene rings is 2. The number of aryl methyl sites for hydroxylation is 2. The third-order valence-electron chi connectivity index (χ3n) is 4.52. The van der Waals surface area contributed by atoms with Gasteiger partial charge in [0.05, 0.1) is 0 Å². The molecule has 0 aliphatic rings. The second-order valence-electron chi connectivity index (χ2n) is 6.28. The average molecular weight is 352 g/mol. The Hall–Kier alpha value is -2.62. The van der Waals surface area contributed by atoms with E-state index in [4.69, 9.17) is 0 Å². The molecule has 138 valence electrons. The van der Waals surface area contributed by atoms with E-state index >= 15 is 0 Å². The zero-order valence-corrected chi connectivity index (χ0v) is 15.9. The molecule has 0 heterocycles. The van der Waals surface area contributed by atoms with Crippen molar-refractivity contribution < 1.29 is 9.59 Å². The first-order chi connectivity index (χ1) is 12.6. The van der Waals surface area contributed by atoms with Gasteiger partial charge in [-0.2, -0.15) is 0 Å². The van der Waals surface area contributed by atoms with Crippen molar-refractivity contribution in [1.82, 2.24) is 4.90 Å². The molecule has 0 saturated carbocycles. The molecular formula is C22H28N2O2. The van der Waals surface area contributed by atoms with Gasteiger partial charge in [0.25, 0.3) is 5.91 Å². The second-order valence-corrected chi connectivity index (χ2v) is 6.28. The summed E-state index contributed by atoms with van der Waals surface area (Å²) in [7, 11) is 0. The summed E-state index contributed by atoms with van der Waals surface area (Å²) < 4.78 is 0. The van der Waals surface area contributed by atoms with Crippen LogP contribution in [-0.4, -0.2) is 29.8 Å². The highest BCUT2D eigenvalue weighted by Crippen LogP contribution is 2.14. The lowest BCUT2D eigenvalue weighted by molar-refractivity contribution is -0.116. The van der Waals surface area contributed by atoms with Crippen LogP contribution < -0.4 is 5.32 Å². The Morgan fingerprint density at radius 3 is 2.19 bits per heavy atom. The molecule has 0 atom stereocenters. The number of hydrogen-bond acceptors (Lipinski definition) is 2. The number of carbonyl (C=O) groups excluding carboxylic acids is 2. The first kappa shape index (κ1) is 19.7. The number of anilines is 1. The van der Waals surface area contributed by atoms with Gasteiger partial charge >= 0.3 is 0 Å². The van der Waals surface area contributed by atoms with E-state index < -0.39 is 0 Å². The van der Waals surface area contributed by atoms with Gasteiger partial charge in [-0.05, 0) is 56.0 Å². The Balaban J connectivity index is 1.94. The molecule has 2 amide bonds. The van der Waals surface area contributed by atoms with E-state index in [0.29, 0.717) is 37.2 Å². The molecule has 0 spiro atoms. The molecular weight excluding hydrogens is 324 g/mol. The lowest BCUT2D eigenvalue weighted by atomic mass is 10.1. The summed E-state index contributed by atoms with van der Waals surface area (Å²) in [6.45, 7) is 7.38. The van der Waals surface area contributed by atoms with Crippen LogP contribution in [0, 0.1) is 0 Å². The molecule has 0 aromatic heterocycles. The molecule has 0 fully saturated rings. The van der Waals surface area contributed by atoms with Gasteiger partial charge in [-0.1, -0.05) is 37.3 Å². The van der Waals surface area contributed by atoms with E-state index in [-0.39, 0.29) is 11.8 Å². The van der Waals surface area contributed by atoms with Crippen LogP contribution in [0.15, 0.2) is 48.5 Å². The molecule has 0 bridgehead atoms. The van der Waals surface area contributed by atoms with Gasteiger partial charge in [0.2, 0.25) is 5.91 Å². The monoisotopic (exact) mass is 352 g/mol. The molecule has 4 nitrogen and oxygen atoms in total. The van der Waals surface area contributed by atoms with Crippen LogP contribution >= 0.6 is 0 Å². The maximum atomic E-state index is 12.4. The van der Waals surface area contributed by atoms with Gasteiger partial charge in [0.1, 0.15) is 0 Å². The van der Waals surface area contributed by atoms with Crippen molar-refractivity contribution in [3.05, 3.63) is 65.2 Å². The van der Waals surface area contributed by atoms with Gasteiger partial charge in [0, 0.05) is 30.8 Å². The molecule has 0 unspecified atom stereocenters. The van der Waals surface area contributed by atoms with Crippen molar-refractivity contribution in [3.8, 4) is 0 Å². The maximum Gasteiger partial charge on any atom is 0.253 e. The van der Waals surface area contributed by atoms with Gasteiger partial charge < -0.3 is 10.2 Å². The van der Waals surface area contributed by atoms with E-state index in [1.165, 1.54) is 5.56 Å². The number of rotatable bonds is 8. The van der Waals surface area contributed by atoms with E-state index in [1.807, 2.05) is 19.9 Å². The van der Waals surface area contributed by atoms with E-state index in [0.717, 1.165) is 12.0 Å².